The third-order valence-corrected chi connectivity index (χ3v) is 5.68. The van der Waals surface area contributed by atoms with Gasteiger partial charge in [0.25, 0.3) is 0 Å². The molecule has 1 saturated heterocycles. The van der Waals surface area contributed by atoms with Crippen LogP contribution in [0.25, 0.3) is 0 Å². The van der Waals surface area contributed by atoms with Crippen LogP contribution in [0, 0.1) is 5.41 Å². The van der Waals surface area contributed by atoms with Crippen molar-refractivity contribution in [2.75, 3.05) is 44.7 Å². The molecule has 1 N–H and O–H groups in total. The molecule has 1 aliphatic rings. The minimum absolute atomic E-state index is 0.457. The zero-order chi connectivity index (χ0) is 15.3. The second kappa shape index (κ2) is 7.56. The molecule has 0 spiro atoms. The van der Waals surface area contributed by atoms with Crippen molar-refractivity contribution in [1.29, 1.82) is 0 Å². The van der Waals surface area contributed by atoms with Crippen molar-refractivity contribution < 1.29 is 0 Å². The highest BCUT2D eigenvalue weighted by atomic mass is 32.1. The Balaban J connectivity index is 1.78. The highest BCUT2D eigenvalue weighted by molar-refractivity contribution is 7.15. The van der Waals surface area contributed by atoms with Crippen LogP contribution in [0.15, 0.2) is 6.20 Å². The van der Waals surface area contributed by atoms with Gasteiger partial charge in [0, 0.05) is 37.3 Å². The summed E-state index contributed by atoms with van der Waals surface area (Å²) in [7, 11) is 2.22. The number of aromatic nitrogens is 1. The predicted octanol–water partition coefficient (Wildman–Crippen LogP) is 2.81. The fraction of sp³-hybridized carbons (Fsp3) is 0.812. The first-order valence-electron chi connectivity index (χ1n) is 8.15. The average molecular weight is 311 g/mol. The summed E-state index contributed by atoms with van der Waals surface area (Å²) in [6.45, 7) is 13.4. The van der Waals surface area contributed by atoms with Crippen molar-refractivity contribution in [3.8, 4) is 0 Å². The second-order valence-corrected chi connectivity index (χ2v) is 7.59. The Morgan fingerprint density at radius 2 is 2.00 bits per heavy atom. The summed E-state index contributed by atoms with van der Waals surface area (Å²) in [5.41, 5.74) is 0.457. The molecule has 0 saturated carbocycles. The molecule has 1 aliphatic heterocycles. The lowest BCUT2D eigenvalue weighted by atomic mass is 9.80. The molecule has 2 heterocycles. The zero-order valence-electron chi connectivity index (χ0n) is 14.0. The Morgan fingerprint density at radius 3 is 2.62 bits per heavy atom. The molecule has 0 bridgehead atoms. The number of rotatable bonds is 7. The molecule has 5 heteroatoms. The Bertz CT molecular complexity index is 420. The van der Waals surface area contributed by atoms with Gasteiger partial charge < -0.3 is 15.1 Å². The number of hydrogen-bond donors (Lipinski definition) is 1. The summed E-state index contributed by atoms with van der Waals surface area (Å²) >= 11 is 1.82. The van der Waals surface area contributed by atoms with Gasteiger partial charge >= 0.3 is 0 Å². The first-order chi connectivity index (χ1) is 10.1. The van der Waals surface area contributed by atoms with E-state index in [1.165, 1.54) is 30.8 Å². The van der Waals surface area contributed by atoms with Crippen LogP contribution in [0.4, 0.5) is 5.13 Å². The van der Waals surface area contributed by atoms with Gasteiger partial charge in [0.2, 0.25) is 0 Å². The maximum atomic E-state index is 4.55. The number of piperidine rings is 1. The minimum atomic E-state index is 0.457. The van der Waals surface area contributed by atoms with Crippen LogP contribution in [-0.4, -0.2) is 49.7 Å². The largest absolute Gasteiger partial charge is 0.349 e. The van der Waals surface area contributed by atoms with Gasteiger partial charge in [-0.2, -0.15) is 0 Å². The van der Waals surface area contributed by atoms with E-state index in [4.69, 9.17) is 0 Å². The molecule has 0 amide bonds. The van der Waals surface area contributed by atoms with E-state index in [0.29, 0.717) is 5.41 Å². The minimum Gasteiger partial charge on any atom is -0.349 e. The number of hydrogen-bond acceptors (Lipinski definition) is 5. The summed E-state index contributed by atoms with van der Waals surface area (Å²) in [6.07, 6.45) is 4.62. The quantitative estimate of drug-likeness (QED) is 0.839. The smallest absolute Gasteiger partial charge is 0.185 e. The Morgan fingerprint density at radius 1 is 1.33 bits per heavy atom. The zero-order valence-corrected chi connectivity index (χ0v) is 14.8. The molecular formula is C16H30N4S. The van der Waals surface area contributed by atoms with Gasteiger partial charge in [0.1, 0.15) is 0 Å². The van der Waals surface area contributed by atoms with Crippen LogP contribution in [-0.2, 0) is 6.54 Å². The van der Waals surface area contributed by atoms with E-state index >= 15 is 0 Å². The lowest BCUT2D eigenvalue weighted by molar-refractivity contribution is 0.137. The standard InChI is InChI=1S/C16H30N4S/c1-5-20(6-2)15-18-12-14(21-15)11-17-13-16(3)7-9-19(4)10-8-16/h12,17H,5-11,13H2,1-4H3. The maximum absolute atomic E-state index is 4.55. The first kappa shape index (κ1) is 16.7. The van der Waals surface area contributed by atoms with Crippen LogP contribution in [0.1, 0.15) is 38.5 Å². The summed E-state index contributed by atoms with van der Waals surface area (Å²) in [4.78, 5) is 10.6. The third-order valence-electron chi connectivity index (χ3n) is 4.62. The third kappa shape index (κ3) is 4.66. The Kier molecular flexibility index (Phi) is 6.02. The molecule has 2 rings (SSSR count). The van der Waals surface area contributed by atoms with Crippen LogP contribution >= 0.6 is 11.3 Å². The van der Waals surface area contributed by atoms with Crippen molar-refractivity contribution in [2.24, 2.45) is 5.41 Å². The monoisotopic (exact) mass is 310 g/mol. The molecule has 0 unspecified atom stereocenters. The molecular weight excluding hydrogens is 280 g/mol. The average Bonchev–Trinajstić information content (AvgIpc) is 2.93. The van der Waals surface area contributed by atoms with Gasteiger partial charge in [-0.15, -0.1) is 11.3 Å². The topological polar surface area (TPSA) is 31.4 Å². The lowest BCUT2D eigenvalue weighted by Crippen LogP contribution is -2.41. The molecule has 1 fully saturated rings. The molecule has 120 valence electrons. The molecule has 1 aromatic rings. The molecule has 4 nitrogen and oxygen atoms in total. The number of thiazole rings is 1. The fourth-order valence-corrected chi connectivity index (χ4v) is 3.85. The Hall–Kier alpha value is -0.650. The van der Waals surface area contributed by atoms with Crippen molar-refractivity contribution in [1.82, 2.24) is 15.2 Å². The van der Waals surface area contributed by atoms with Gasteiger partial charge in [-0.05, 0) is 52.2 Å². The molecule has 0 aromatic carbocycles. The number of nitrogens with one attached hydrogen (secondary N) is 1. The number of likely N-dealkylation sites (tertiary alicyclic amines) is 1. The van der Waals surface area contributed by atoms with Gasteiger partial charge in [-0.3, -0.25) is 0 Å². The maximum Gasteiger partial charge on any atom is 0.185 e. The van der Waals surface area contributed by atoms with E-state index in [-0.39, 0.29) is 0 Å². The van der Waals surface area contributed by atoms with Crippen molar-refractivity contribution in [2.45, 2.75) is 40.2 Å². The molecule has 0 aliphatic carbocycles. The highest BCUT2D eigenvalue weighted by Crippen LogP contribution is 2.29. The van der Waals surface area contributed by atoms with E-state index in [0.717, 1.165) is 31.3 Å². The highest BCUT2D eigenvalue weighted by Gasteiger charge is 2.28. The van der Waals surface area contributed by atoms with Gasteiger partial charge in [0.15, 0.2) is 5.13 Å². The van der Waals surface area contributed by atoms with Crippen molar-refractivity contribution in [3.05, 3.63) is 11.1 Å². The van der Waals surface area contributed by atoms with Crippen LogP contribution in [0.2, 0.25) is 0 Å². The molecule has 21 heavy (non-hydrogen) atoms. The predicted molar refractivity (Wildman–Crippen MR) is 92.2 cm³/mol. The summed E-state index contributed by atoms with van der Waals surface area (Å²) in [6, 6.07) is 0. The number of anilines is 1. The van der Waals surface area contributed by atoms with Crippen molar-refractivity contribution in [3.63, 3.8) is 0 Å². The van der Waals surface area contributed by atoms with Gasteiger partial charge in [0.05, 0.1) is 0 Å². The lowest BCUT2D eigenvalue weighted by Gasteiger charge is -2.38. The van der Waals surface area contributed by atoms with E-state index in [1.54, 1.807) is 0 Å². The Labute approximate surface area is 133 Å². The van der Waals surface area contributed by atoms with E-state index < -0.39 is 0 Å². The van der Waals surface area contributed by atoms with E-state index in [9.17, 15) is 0 Å². The first-order valence-corrected chi connectivity index (χ1v) is 8.97. The second-order valence-electron chi connectivity index (χ2n) is 6.50. The summed E-state index contributed by atoms with van der Waals surface area (Å²) in [5.74, 6) is 0. The van der Waals surface area contributed by atoms with Gasteiger partial charge in [-0.25, -0.2) is 4.98 Å². The fourth-order valence-electron chi connectivity index (χ4n) is 2.84. The van der Waals surface area contributed by atoms with Crippen LogP contribution in [0.3, 0.4) is 0 Å². The molecule has 0 atom stereocenters. The van der Waals surface area contributed by atoms with Crippen molar-refractivity contribution >= 4 is 16.5 Å². The SMILES string of the molecule is CCN(CC)c1ncc(CNCC2(C)CCN(C)CC2)s1. The molecule has 0 radical (unpaired) electrons. The summed E-state index contributed by atoms with van der Waals surface area (Å²) < 4.78 is 0. The van der Waals surface area contributed by atoms with E-state index in [2.05, 4.69) is 47.9 Å². The molecule has 1 aromatic heterocycles. The normalized spacial score (nSPS) is 18.9. The summed E-state index contributed by atoms with van der Waals surface area (Å²) in [5, 5.41) is 4.80. The van der Waals surface area contributed by atoms with Crippen LogP contribution in [0.5, 0.6) is 0 Å². The van der Waals surface area contributed by atoms with Crippen LogP contribution < -0.4 is 10.2 Å². The van der Waals surface area contributed by atoms with Gasteiger partial charge in [-0.1, -0.05) is 6.92 Å². The number of nitrogens with zero attached hydrogens (tertiary/aromatic N) is 3. The van der Waals surface area contributed by atoms with E-state index in [1.807, 2.05) is 17.5 Å².